The van der Waals surface area contributed by atoms with Crippen molar-refractivity contribution in [2.24, 2.45) is 0 Å². The first-order valence-corrected chi connectivity index (χ1v) is 8.55. The molecule has 5 nitrogen and oxygen atoms in total. The fourth-order valence-corrected chi connectivity index (χ4v) is 3.63. The number of pyridine rings is 1. The van der Waals surface area contributed by atoms with Crippen LogP contribution in [0.15, 0.2) is 22.9 Å². The molecule has 3 rings (SSSR count). The Kier molecular flexibility index (Phi) is 4.82. The molecule has 0 radical (unpaired) electrons. The van der Waals surface area contributed by atoms with E-state index in [0.717, 1.165) is 42.8 Å². The lowest BCUT2D eigenvalue weighted by molar-refractivity contribution is 0.113. The normalized spacial score (nSPS) is 20.8. The van der Waals surface area contributed by atoms with Crippen molar-refractivity contribution in [3.05, 3.63) is 34.2 Å². The Morgan fingerprint density at radius 3 is 3.00 bits per heavy atom. The van der Waals surface area contributed by atoms with Gasteiger partial charge < -0.3 is 14.6 Å². The van der Waals surface area contributed by atoms with E-state index >= 15 is 0 Å². The molecule has 120 valence electrons. The first-order valence-electron chi connectivity index (χ1n) is 7.76. The Balaban J connectivity index is 1.64. The maximum absolute atomic E-state index is 4.54. The highest BCUT2D eigenvalue weighted by atomic mass is 79.9. The zero-order valence-corrected chi connectivity index (χ0v) is 15.1. The number of aromatic nitrogens is 2. The number of imidazole rings is 1. The minimum absolute atomic E-state index is 0.575. The molecule has 1 aliphatic rings. The fourth-order valence-electron chi connectivity index (χ4n) is 3.08. The molecule has 0 aliphatic carbocycles. The minimum atomic E-state index is 0.575. The highest BCUT2D eigenvalue weighted by Gasteiger charge is 2.21. The zero-order chi connectivity index (χ0) is 15.7. The molecule has 1 N–H and O–H groups in total. The number of aryl methyl sites for hydroxylation is 1. The Morgan fingerprint density at radius 2 is 2.18 bits per heavy atom. The molecule has 3 heterocycles. The summed E-state index contributed by atoms with van der Waals surface area (Å²) in [5.74, 6) is 0. The summed E-state index contributed by atoms with van der Waals surface area (Å²) in [6.45, 7) is 7.36. The summed E-state index contributed by atoms with van der Waals surface area (Å²) in [4.78, 5) is 9.39. The second-order valence-corrected chi connectivity index (χ2v) is 7.23. The Hall–Kier alpha value is -0.950. The smallest absolute Gasteiger partial charge is 0.139 e. The van der Waals surface area contributed by atoms with Crippen LogP contribution in [-0.4, -0.2) is 65.5 Å². The minimum Gasteiger partial charge on any atom is -0.310 e. The van der Waals surface area contributed by atoms with E-state index in [1.165, 1.54) is 11.3 Å². The Labute approximate surface area is 140 Å². The number of nitrogens with one attached hydrogen (secondary N) is 1. The van der Waals surface area contributed by atoms with Crippen LogP contribution in [0.2, 0.25) is 0 Å². The number of nitrogens with zero attached hydrogens (tertiary/aromatic N) is 4. The van der Waals surface area contributed by atoms with Crippen molar-refractivity contribution in [2.45, 2.75) is 19.5 Å². The van der Waals surface area contributed by atoms with Gasteiger partial charge in [-0.2, -0.15) is 0 Å². The summed E-state index contributed by atoms with van der Waals surface area (Å²) in [6, 6.07) is 2.68. The highest BCUT2D eigenvalue weighted by molar-refractivity contribution is 9.10. The van der Waals surface area contributed by atoms with Crippen molar-refractivity contribution >= 4 is 21.6 Å². The number of halogens is 1. The summed E-state index contributed by atoms with van der Waals surface area (Å²) in [5, 5.41) is 3.60. The van der Waals surface area contributed by atoms with Gasteiger partial charge in [-0.25, -0.2) is 4.98 Å². The number of likely N-dealkylation sites (N-methyl/N-ethyl adjacent to an activating group) is 2. The second kappa shape index (κ2) is 6.66. The van der Waals surface area contributed by atoms with Crippen molar-refractivity contribution in [2.75, 3.05) is 40.3 Å². The quantitative estimate of drug-likeness (QED) is 0.894. The number of rotatable bonds is 4. The van der Waals surface area contributed by atoms with Gasteiger partial charge in [0.05, 0.1) is 11.9 Å². The topological polar surface area (TPSA) is 35.8 Å². The van der Waals surface area contributed by atoms with E-state index in [1.54, 1.807) is 0 Å². The molecule has 2 aromatic rings. The maximum atomic E-state index is 4.54. The molecule has 22 heavy (non-hydrogen) atoms. The van der Waals surface area contributed by atoms with Gasteiger partial charge in [-0.15, -0.1) is 0 Å². The predicted octanol–water partition coefficient (Wildman–Crippen LogP) is 1.74. The molecule has 1 fully saturated rings. The molecule has 6 heteroatoms. The Morgan fingerprint density at radius 1 is 1.36 bits per heavy atom. The van der Waals surface area contributed by atoms with Gasteiger partial charge in [-0.05, 0) is 48.6 Å². The van der Waals surface area contributed by atoms with Gasteiger partial charge in [-0.3, -0.25) is 4.90 Å². The van der Waals surface area contributed by atoms with E-state index in [9.17, 15) is 0 Å². The molecule has 1 aliphatic heterocycles. The summed E-state index contributed by atoms with van der Waals surface area (Å²) >= 11 is 3.57. The van der Waals surface area contributed by atoms with Gasteiger partial charge in [0.25, 0.3) is 0 Å². The van der Waals surface area contributed by atoms with E-state index in [-0.39, 0.29) is 0 Å². The van der Waals surface area contributed by atoms with Gasteiger partial charge in [0.15, 0.2) is 0 Å². The monoisotopic (exact) mass is 365 g/mol. The Bertz CT molecular complexity index is 653. The summed E-state index contributed by atoms with van der Waals surface area (Å²) in [5.41, 5.74) is 3.43. The summed E-state index contributed by atoms with van der Waals surface area (Å²) in [7, 11) is 4.42. The van der Waals surface area contributed by atoms with Crippen molar-refractivity contribution in [3.8, 4) is 0 Å². The number of hydrogen-bond donors (Lipinski definition) is 1. The van der Waals surface area contributed by atoms with Gasteiger partial charge >= 0.3 is 0 Å². The van der Waals surface area contributed by atoms with Crippen LogP contribution in [-0.2, 0) is 6.54 Å². The molecule has 1 unspecified atom stereocenters. The molecule has 0 bridgehead atoms. The summed E-state index contributed by atoms with van der Waals surface area (Å²) < 4.78 is 3.26. The van der Waals surface area contributed by atoms with Crippen LogP contribution in [0.1, 0.15) is 11.3 Å². The first-order chi connectivity index (χ1) is 10.5. The third kappa shape index (κ3) is 3.35. The van der Waals surface area contributed by atoms with Crippen molar-refractivity contribution in [1.82, 2.24) is 24.5 Å². The van der Waals surface area contributed by atoms with Crippen LogP contribution in [0, 0.1) is 6.92 Å². The van der Waals surface area contributed by atoms with Crippen molar-refractivity contribution < 1.29 is 0 Å². The molecular weight excluding hydrogens is 342 g/mol. The van der Waals surface area contributed by atoms with Crippen LogP contribution in [0.4, 0.5) is 0 Å². The van der Waals surface area contributed by atoms with Crippen LogP contribution in [0.25, 0.3) is 5.65 Å². The average Bonchev–Trinajstić information content (AvgIpc) is 2.86. The second-order valence-electron chi connectivity index (χ2n) is 6.31. The predicted molar refractivity (Wildman–Crippen MR) is 93.3 cm³/mol. The van der Waals surface area contributed by atoms with Crippen molar-refractivity contribution in [1.29, 1.82) is 0 Å². The van der Waals surface area contributed by atoms with E-state index in [2.05, 4.69) is 73.7 Å². The van der Waals surface area contributed by atoms with Crippen molar-refractivity contribution in [3.63, 3.8) is 0 Å². The highest BCUT2D eigenvalue weighted by Crippen LogP contribution is 2.18. The summed E-state index contributed by atoms with van der Waals surface area (Å²) in [6.07, 6.45) is 4.06. The average molecular weight is 366 g/mol. The van der Waals surface area contributed by atoms with Gasteiger partial charge in [0.2, 0.25) is 0 Å². The molecule has 0 spiro atoms. The lowest BCUT2D eigenvalue weighted by atomic mass is 10.2. The molecular formula is C16H24BrN5. The zero-order valence-electron chi connectivity index (χ0n) is 13.5. The SMILES string of the molecule is Cc1cc(Br)cn2c(CNCC3CN(C)CCN3C)cnc12. The van der Waals surface area contributed by atoms with Gasteiger partial charge in [-0.1, -0.05) is 0 Å². The van der Waals surface area contributed by atoms with Crippen LogP contribution in [0.3, 0.4) is 0 Å². The van der Waals surface area contributed by atoms with Gasteiger partial charge in [0, 0.05) is 49.4 Å². The lowest BCUT2D eigenvalue weighted by Crippen LogP contribution is -2.53. The molecule has 2 aromatic heterocycles. The molecule has 1 saturated heterocycles. The third-order valence-electron chi connectivity index (χ3n) is 4.50. The maximum Gasteiger partial charge on any atom is 0.139 e. The molecule has 1 atom stereocenters. The van der Waals surface area contributed by atoms with E-state index in [1.807, 2.05) is 6.20 Å². The van der Waals surface area contributed by atoms with Crippen LogP contribution < -0.4 is 5.32 Å². The van der Waals surface area contributed by atoms with Crippen LogP contribution in [0.5, 0.6) is 0 Å². The van der Waals surface area contributed by atoms with Gasteiger partial charge in [0.1, 0.15) is 5.65 Å². The van der Waals surface area contributed by atoms with Crippen LogP contribution >= 0.6 is 15.9 Å². The molecule has 0 amide bonds. The standard InChI is InChI=1S/C16H24BrN5/c1-12-6-13(17)10-22-14(9-19-16(12)22)7-18-8-15-11-20(2)4-5-21(15)3/h6,9-10,15,18H,4-5,7-8,11H2,1-3H3. The number of hydrogen-bond acceptors (Lipinski definition) is 4. The fraction of sp³-hybridized carbons (Fsp3) is 0.562. The molecule has 0 aromatic carbocycles. The lowest BCUT2D eigenvalue weighted by Gasteiger charge is -2.37. The number of fused-ring (bicyclic) bond motifs is 1. The number of piperazine rings is 1. The largest absolute Gasteiger partial charge is 0.310 e. The van der Waals surface area contributed by atoms with E-state index in [4.69, 9.17) is 0 Å². The van der Waals surface area contributed by atoms with E-state index in [0.29, 0.717) is 6.04 Å². The van der Waals surface area contributed by atoms with E-state index < -0.39 is 0 Å². The third-order valence-corrected chi connectivity index (χ3v) is 4.93. The first kappa shape index (κ1) is 15.9. The molecule has 0 saturated carbocycles.